The quantitative estimate of drug-likeness (QED) is 0.226. The number of hydrogen-bond donors (Lipinski definition) is 4. The van der Waals surface area contributed by atoms with Crippen molar-refractivity contribution in [3.8, 4) is 11.5 Å². The zero-order valence-electron chi connectivity index (χ0n) is 36.0. The first-order chi connectivity index (χ1) is 30.0. The van der Waals surface area contributed by atoms with Gasteiger partial charge in [-0.15, -0.1) is 0 Å². The fourth-order valence-corrected chi connectivity index (χ4v) is 10.7. The first kappa shape index (κ1) is 44.1. The number of rotatable bonds is 13. The first-order valence-corrected chi connectivity index (χ1v) is 23.4. The van der Waals surface area contributed by atoms with Gasteiger partial charge in [-0.2, -0.15) is 0 Å². The number of likely N-dealkylation sites (tertiary alicyclic amines) is 1. The Bertz CT molecular complexity index is 2230. The normalized spacial score (nSPS) is 25.0. The third-order valence-corrected chi connectivity index (χ3v) is 15.0. The van der Waals surface area contributed by atoms with E-state index in [1.165, 1.54) is 28.4 Å². The van der Waals surface area contributed by atoms with Gasteiger partial charge in [-0.1, -0.05) is 53.4 Å². The van der Waals surface area contributed by atoms with E-state index in [4.69, 9.17) is 14.2 Å². The van der Waals surface area contributed by atoms with Gasteiger partial charge in [0.05, 0.1) is 18.0 Å². The highest BCUT2D eigenvalue weighted by atomic mass is 32.2. The van der Waals surface area contributed by atoms with Gasteiger partial charge in [-0.3, -0.25) is 38.6 Å². The van der Waals surface area contributed by atoms with Crippen molar-refractivity contribution in [3.63, 3.8) is 0 Å². The fourth-order valence-electron chi connectivity index (χ4n) is 9.35. The second kappa shape index (κ2) is 17.2. The van der Waals surface area contributed by atoms with Crippen LogP contribution in [-0.2, 0) is 47.0 Å². The average Bonchev–Trinajstić information content (AvgIpc) is 4.08. The van der Waals surface area contributed by atoms with Gasteiger partial charge in [-0.05, 0) is 72.6 Å². The molecule has 0 bridgehead atoms. The van der Waals surface area contributed by atoms with Crippen LogP contribution in [-0.4, -0.2) is 112 Å². The van der Waals surface area contributed by atoms with E-state index in [-0.39, 0.29) is 56.8 Å². The molecule has 0 radical (unpaired) electrons. The molecule has 3 aliphatic carbocycles. The predicted molar refractivity (Wildman–Crippen MR) is 223 cm³/mol. The molecule has 63 heavy (non-hydrogen) atoms. The number of nitrogens with one attached hydrogen (secondary N) is 4. The molecule has 1 aromatic heterocycles. The minimum absolute atomic E-state index is 0.0307. The van der Waals surface area contributed by atoms with Gasteiger partial charge in [-0.25, -0.2) is 18.2 Å². The van der Waals surface area contributed by atoms with Crippen LogP contribution in [0.5, 0.6) is 11.5 Å². The van der Waals surface area contributed by atoms with Crippen molar-refractivity contribution in [2.45, 2.75) is 140 Å². The van der Waals surface area contributed by atoms with Gasteiger partial charge in [0.1, 0.15) is 35.5 Å². The van der Waals surface area contributed by atoms with Gasteiger partial charge in [0.15, 0.2) is 11.5 Å². The summed E-state index contributed by atoms with van der Waals surface area (Å²) in [6, 6.07) is 0.119. The Morgan fingerprint density at radius 1 is 0.952 bits per heavy atom. The summed E-state index contributed by atoms with van der Waals surface area (Å²) in [6.07, 6.45) is 7.93. The van der Waals surface area contributed by atoms with E-state index in [0.29, 0.717) is 43.6 Å². The standard InChI is InChI=1S/C43H56N8O11S/c1-5-27-18-43(27,40(56)49-63(58,59)29-11-12-29)48-37(53)31-17-28(62-41(57)50-20-25-15-32-33(61-23-60-32)16-26(25)21-50)22-51(31)39(55)35(42(2,3)4)47-38(54)34(24-9-7-6-8-10-24)46-36(52)30-19-44-13-14-45-30/h13-16,19,24,27-29,31,34-35H,5-12,17-18,20-23H2,1-4H3,(H,46,52)(H,47,54)(H,48,53)(H,49,56)/t27-,28+,31?,34-,35+,43-/m0/s1. The zero-order chi connectivity index (χ0) is 44.8. The van der Waals surface area contributed by atoms with Crippen molar-refractivity contribution >= 4 is 45.7 Å². The molecule has 3 aliphatic heterocycles. The molecular weight excluding hydrogens is 837 g/mol. The van der Waals surface area contributed by atoms with Crippen LogP contribution in [0.2, 0.25) is 0 Å². The van der Waals surface area contributed by atoms with E-state index in [0.717, 1.165) is 30.4 Å². The molecule has 8 rings (SSSR count). The van der Waals surface area contributed by atoms with Crippen LogP contribution in [0.3, 0.4) is 0 Å². The summed E-state index contributed by atoms with van der Waals surface area (Å²) in [5, 5.41) is 7.94. The maximum Gasteiger partial charge on any atom is 0.410 e. The molecule has 4 fully saturated rings. The van der Waals surface area contributed by atoms with E-state index < -0.39 is 86.1 Å². The smallest absolute Gasteiger partial charge is 0.410 e. The highest BCUT2D eigenvalue weighted by Gasteiger charge is 2.62. The average molecular weight is 893 g/mol. The van der Waals surface area contributed by atoms with E-state index in [1.54, 1.807) is 20.8 Å². The lowest BCUT2D eigenvalue weighted by molar-refractivity contribution is -0.145. The SMILES string of the molecule is CC[C@H]1C[C@@]1(NC(=O)C1C[C@@H](OC(=O)N2Cc3cc4c(cc3C2)OCO4)CN1C(=O)[C@@H](NC(=O)[C@@H](NC(=O)c1cnccn1)C1CCCCC1)C(C)(C)C)C(=O)NS(=O)(=O)C1CC1. The van der Waals surface area contributed by atoms with Gasteiger partial charge < -0.3 is 35.1 Å². The summed E-state index contributed by atoms with van der Waals surface area (Å²) >= 11 is 0. The Labute approximate surface area is 366 Å². The number of nitrogens with zero attached hydrogens (tertiary/aromatic N) is 4. The molecule has 19 nitrogen and oxygen atoms in total. The number of fused-ring (bicyclic) bond motifs is 2. The summed E-state index contributed by atoms with van der Waals surface area (Å²) in [5.41, 5.74) is -0.711. The first-order valence-electron chi connectivity index (χ1n) is 21.9. The lowest BCUT2D eigenvalue weighted by Crippen LogP contribution is -2.62. The number of aromatic nitrogens is 2. The Kier molecular flexibility index (Phi) is 12.0. The summed E-state index contributed by atoms with van der Waals surface area (Å²) < 4.78 is 44.9. The largest absolute Gasteiger partial charge is 0.454 e. The zero-order valence-corrected chi connectivity index (χ0v) is 36.8. The molecule has 340 valence electrons. The lowest BCUT2D eigenvalue weighted by atomic mass is 9.82. The number of amides is 6. The minimum atomic E-state index is -3.94. The Balaban J connectivity index is 1.04. The molecule has 4 N–H and O–H groups in total. The van der Waals surface area contributed by atoms with E-state index in [1.807, 2.05) is 19.1 Å². The van der Waals surface area contributed by atoms with Crippen LogP contribution in [0.4, 0.5) is 4.79 Å². The van der Waals surface area contributed by atoms with Crippen LogP contribution in [0.15, 0.2) is 30.7 Å². The van der Waals surface area contributed by atoms with Gasteiger partial charge >= 0.3 is 6.09 Å². The summed E-state index contributed by atoms with van der Waals surface area (Å²) in [6.45, 7) is 7.48. The number of hydrogen-bond acceptors (Lipinski definition) is 13. The van der Waals surface area contributed by atoms with Crippen molar-refractivity contribution in [2.75, 3.05) is 13.3 Å². The molecule has 3 saturated carbocycles. The molecular formula is C43H56N8O11S. The Morgan fingerprint density at radius 3 is 2.22 bits per heavy atom. The molecule has 4 heterocycles. The third kappa shape index (κ3) is 9.27. The van der Waals surface area contributed by atoms with Crippen molar-refractivity contribution in [1.29, 1.82) is 0 Å². The highest BCUT2D eigenvalue weighted by Crippen LogP contribution is 2.47. The Morgan fingerprint density at radius 2 is 1.63 bits per heavy atom. The maximum atomic E-state index is 15.0. The number of benzene rings is 1. The van der Waals surface area contributed by atoms with Crippen molar-refractivity contribution in [1.82, 2.24) is 40.4 Å². The van der Waals surface area contributed by atoms with Crippen LogP contribution < -0.4 is 30.1 Å². The third-order valence-electron chi connectivity index (χ3n) is 13.2. The fraction of sp³-hybridized carbons (Fsp3) is 0.628. The van der Waals surface area contributed by atoms with E-state index in [9.17, 15) is 32.4 Å². The molecule has 20 heteroatoms. The molecule has 0 spiro atoms. The monoisotopic (exact) mass is 892 g/mol. The molecule has 1 aromatic carbocycles. The molecule has 6 atom stereocenters. The second-order valence-corrected chi connectivity index (χ2v) is 20.7. The minimum Gasteiger partial charge on any atom is -0.454 e. The van der Waals surface area contributed by atoms with Gasteiger partial charge in [0, 0.05) is 31.9 Å². The number of carbonyl (C=O) groups is 6. The van der Waals surface area contributed by atoms with Crippen molar-refractivity contribution in [2.24, 2.45) is 17.3 Å². The number of carbonyl (C=O) groups excluding carboxylic acids is 6. The maximum absolute atomic E-state index is 15.0. The van der Waals surface area contributed by atoms with Gasteiger partial charge in [0.25, 0.3) is 11.8 Å². The van der Waals surface area contributed by atoms with Crippen LogP contribution in [0, 0.1) is 17.3 Å². The Hall–Kier alpha value is -5.53. The number of ether oxygens (including phenoxy) is 3. The predicted octanol–water partition coefficient (Wildman–Crippen LogP) is 2.43. The molecule has 6 aliphatic rings. The van der Waals surface area contributed by atoms with Crippen LogP contribution >= 0.6 is 0 Å². The molecule has 1 unspecified atom stereocenters. The van der Waals surface area contributed by atoms with Crippen molar-refractivity contribution in [3.05, 3.63) is 47.5 Å². The number of sulfonamides is 1. The van der Waals surface area contributed by atoms with Crippen LogP contribution in [0.25, 0.3) is 0 Å². The van der Waals surface area contributed by atoms with Crippen LogP contribution in [0.1, 0.15) is 114 Å². The van der Waals surface area contributed by atoms with Crippen molar-refractivity contribution < 1.29 is 51.4 Å². The molecule has 6 amide bonds. The topological polar surface area (TPSA) is 245 Å². The highest BCUT2D eigenvalue weighted by molar-refractivity contribution is 7.91. The van der Waals surface area contributed by atoms with Gasteiger partial charge in [0.2, 0.25) is 34.5 Å². The van der Waals surface area contributed by atoms with E-state index >= 15 is 4.79 Å². The summed E-state index contributed by atoms with van der Waals surface area (Å²) in [7, 11) is -3.94. The second-order valence-electron chi connectivity index (χ2n) is 18.8. The molecule has 2 aromatic rings. The van der Waals surface area contributed by atoms with E-state index in [2.05, 4.69) is 30.6 Å². The molecule has 1 saturated heterocycles. The lowest BCUT2D eigenvalue weighted by Gasteiger charge is -2.37. The summed E-state index contributed by atoms with van der Waals surface area (Å²) in [4.78, 5) is 95.6. The summed E-state index contributed by atoms with van der Waals surface area (Å²) in [5.74, 6) is -2.79.